The number of amides is 1. The van der Waals surface area contributed by atoms with Crippen molar-refractivity contribution in [2.75, 3.05) is 6.61 Å². The Morgan fingerprint density at radius 1 is 1.33 bits per heavy atom. The zero-order valence-electron chi connectivity index (χ0n) is 14.3. The van der Waals surface area contributed by atoms with Gasteiger partial charge in [-0.1, -0.05) is 22.0 Å². The molecule has 0 saturated heterocycles. The first-order chi connectivity index (χ1) is 12.7. The number of nitro benzene ring substituents is 1. The lowest BCUT2D eigenvalue weighted by Gasteiger charge is -2.11. The molecule has 1 amide bonds. The highest BCUT2D eigenvalue weighted by atomic mass is 79.9. The van der Waals surface area contributed by atoms with E-state index in [1.807, 2.05) is 26.0 Å². The van der Waals surface area contributed by atoms with Crippen LogP contribution in [0.2, 0.25) is 0 Å². The Hall–Kier alpha value is -2.46. The molecule has 27 heavy (non-hydrogen) atoms. The van der Waals surface area contributed by atoms with E-state index in [1.165, 1.54) is 12.1 Å². The van der Waals surface area contributed by atoms with E-state index in [9.17, 15) is 20.0 Å². The van der Waals surface area contributed by atoms with Gasteiger partial charge in [-0.05, 0) is 53.0 Å². The number of benzene rings is 2. The summed E-state index contributed by atoms with van der Waals surface area (Å²) in [5.74, 6) is -0.515. The van der Waals surface area contributed by atoms with E-state index < -0.39 is 22.3 Å². The van der Waals surface area contributed by atoms with E-state index in [0.717, 1.165) is 21.8 Å². The van der Waals surface area contributed by atoms with Gasteiger partial charge in [-0.15, -0.1) is 0 Å². The molecule has 0 aliphatic carbocycles. The van der Waals surface area contributed by atoms with Gasteiger partial charge in [0.1, 0.15) is 5.75 Å². The number of hydrogen-bond acceptors (Lipinski definition) is 6. The van der Waals surface area contributed by atoms with Crippen molar-refractivity contribution < 1.29 is 19.6 Å². The Kier molecular flexibility index (Phi) is 6.92. The lowest BCUT2D eigenvalue weighted by atomic mass is 10.1. The maximum absolute atomic E-state index is 11.9. The smallest absolute Gasteiger partial charge is 0.312 e. The van der Waals surface area contributed by atoms with Crippen molar-refractivity contribution in [3.63, 3.8) is 0 Å². The summed E-state index contributed by atoms with van der Waals surface area (Å²) in [7, 11) is 0. The minimum atomic E-state index is -0.717. The van der Waals surface area contributed by atoms with Gasteiger partial charge in [0.05, 0.1) is 15.6 Å². The zero-order chi connectivity index (χ0) is 20.1. The molecule has 142 valence electrons. The van der Waals surface area contributed by atoms with Gasteiger partial charge in [-0.3, -0.25) is 14.9 Å². The van der Waals surface area contributed by atoms with Crippen LogP contribution >= 0.6 is 31.9 Å². The molecule has 0 radical (unpaired) electrons. The monoisotopic (exact) mass is 499 g/mol. The number of aromatic hydroxyl groups is 1. The molecule has 0 aromatic heterocycles. The number of nitrogens with zero attached hydrogens (tertiary/aromatic N) is 2. The van der Waals surface area contributed by atoms with Gasteiger partial charge in [-0.25, -0.2) is 5.43 Å². The summed E-state index contributed by atoms with van der Waals surface area (Å²) in [5.41, 5.74) is 3.79. The number of phenolic OH excluding ortho intramolecular Hbond substituents is 1. The van der Waals surface area contributed by atoms with Gasteiger partial charge >= 0.3 is 5.69 Å². The fourth-order valence-electron chi connectivity index (χ4n) is 2.27. The number of phenols is 1. The molecule has 2 aromatic rings. The number of carbonyl (C=O) groups is 1. The molecule has 8 nitrogen and oxygen atoms in total. The lowest BCUT2D eigenvalue weighted by Crippen LogP contribution is -2.24. The third-order valence-electron chi connectivity index (χ3n) is 3.39. The quantitative estimate of drug-likeness (QED) is 0.354. The van der Waals surface area contributed by atoms with Gasteiger partial charge in [0.15, 0.2) is 6.61 Å². The Balaban J connectivity index is 2.01. The highest BCUT2D eigenvalue weighted by molar-refractivity contribution is 9.10. The largest absolute Gasteiger partial charge is 0.502 e. The minimum absolute atomic E-state index is 0.0782. The molecule has 10 heteroatoms. The van der Waals surface area contributed by atoms with E-state index in [2.05, 4.69) is 42.4 Å². The number of aryl methyl sites for hydroxylation is 2. The molecule has 2 aromatic carbocycles. The number of rotatable bonds is 6. The van der Waals surface area contributed by atoms with Crippen LogP contribution in [0.4, 0.5) is 5.69 Å². The van der Waals surface area contributed by atoms with Crippen LogP contribution in [0, 0.1) is 24.0 Å². The van der Waals surface area contributed by atoms with Crippen molar-refractivity contribution in [2.24, 2.45) is 5.10 Å². The summed E-state index contributed by atoms with van der Waals surface area (Å²) in [5, 5.41) is 24.5. The third-order valence-corrected chi connectivity index (χ3v) is 4.44. The molecule has 0 atom stereocenters. The van der Waals surface area contributed by atoms with Crippen LogP contribution in [-0.2, 0) is 4.79 Å². The second-order valence-corrected chi connectivity index (χ2v) is 7.36. The molecule has 2 N–H and O–H groups in total. The number of hydrogen-bond donors (Lipinski definition) is 2. The molecule has 0 unspecified atom stereocenters. The number of carbonyl (C=O) groups excluding carboxylic acids is 1. The average Bonchev–Trinajstić information content (AvgIpc) is 2.56. The van der Waals surface area contributed by atoms with Crippen LogP contribution in [0.3, 0.4) is 0 Å². The van der Waals surface area contributed by atoms with Gasteiger partial charge < -0.3 is 9.84 Å². The number of halogens is 2. The van der Waals surface area contributed by atoms with Crippen molar-refractivity contribution >= 4 is 49.7 Å². The van der Waals surface area contributed by atoms with Crippen LogP contribution in [0.15, 0.2) is 38.3 Å². The van der Waals surface area contributed by atoms with Crippen LogP contribution in [0.5, 0.6) is 11.5 Å². The van der Waals surface area contributed by atoms with Crippen molar-refractivity contribution in [3.05, 3.63) is 60.0 Å². The maximum atomic E-state index is 11.9. The summed E-state index contributed by atoms with van der Waals surface area (Å²) in [6, 6.07) is 6.41. The molecule has 0 saturated carbocycles. The van der Waals surface area contributed by atoms with Gasteiger partial charge in [0.2, 0.25) is 5.75 Å². The summed E-state index contributed by atoms with van der Waals surface area (Å²) in [6.07, 6.45) is 1.11. The molecule has 0 bridgehead atoms. The fourth-order valence-corrected chi connectivity index (χ4v) is 3.52. The highest BCUT2D eigenvalue weighted by Crippen LogP contribution is 2.32. The molecular formula is C17H15Br2N3O5. The van der Waals surface area contributed by atoms with E-state index in [-0.39, 0.29) is 12.2 Å². The van der Waals surface area contributed by atoms with E-state index in [0.29, 0.717) is 10.2 Å². The number of nitrogens with one attached hydrogen (secondary N) is 1. The fraction of sp³-hybridized carbons (Fsp3) is 0.176. The normalized spacial score (nSPS) is 10.8. The summed E-state index contributed by atoms with van der Waals surface area (Å²) in [4.78, 5) is 22.1. The molecule has 0 spiro atoms. The third kappa shape index (κ3) is 5.51. The standard InChI is InChI=1S/C17H15Br2N3O5/c1-9-3-10(2)17(13(19)4-9)27-8-15(23)21-20-7-11-5-12(18)6-14(16(11)24)22(25)26/h3-7,24H,8H2,1-2H3,(H,21,23). The van der Waals surface area contributed by atoms with Crippen LogP contribution in [0.1, 0.15) is 16.7 Å². The van der Waals surface area contributed by atoms with Crippen molar-refractivity contribution in [1.29, 1.82) is 0 Å². The van der Waals surface area contributed by atoms with Crippen molar-refractivity contribution in [1.82, 2.24) is 5.43 Å². The lowest BCUT2D eigenvalue weighted by molar-refractivity contribution is -0.385. The van der Waals surface area contributed by atoms with Gasteiger partial charge in [0.25, 0.3) is 5.91 Å². The summed E-state index contributed by atoms with van der Waals surface area (Å²) in [6.45, 7) is 3.54. The van der Waals surface area contributed by atoms with Crippen LogP contribution < -0.4 is 10.2 Å². The first-order valence-electron chi connectivity index (χ1n) is 7.57. The molecule has 0 fully saturated rings. The number of ether oxygens (including phenoxy) is 1. The van der Waals surface area contributed by atoms with Crippen LogP contribution in [0.25, 0.3) is 0 Å². The molecular weight excluding hydrogens is 486 g/mol. The first-order valence-corrected chi connectivity index (χ1v) is 9.16. The first kappa shape index (κ1) is 20.8. The van der Waals surface area contributed by atoms with Gasteiger partial charge in [0, 0.05) is 16.1 Å². The van der Waals surface area contributed by atoms with E-state index in [1.54, 1.807) is 0 Å². The second kappa shape index (κ2) is 8.96. The average molecular weight is 501 g/mol. The Labute approximate surface area is 171 Å². The Morgan fingerprint density at radius 3 is 2.67 bits per heavy atom. The predicted octanol–water partition coefficient (Wildman–Crippen LogP) is 3.97. The van der Waals surface area contributed by atoms with Crippen LogP contribution in [-0.4, -0.2) is 28.8 Å². The SMILES string of the molecule is Cc1cc(C)c(OCC(=O)NN=Cc2cc(Br)cc([N+](=O)[O-])c2O)c(Br)c1. The van der Waals surface area contributed by atoms with Crippen molar-refractivity contribution in [3.8, 4) is 11.5 Å². The highest BCUT2D eigenvalue weighted by Gasteiger charge is 2.17. The maximum Gasteiger partial charge on any atom is 0.312 e. The number of nitro groups is 1. The summed E-state index contributed by atoms with van der Waals surface area (Å²) < 4.78 is 6.63. The molecule has 0 heterocycles. The number of hydrazone groups is 1. The second-order valence-electron chi connectivity index (χ2n) is 5.59. The Morgan fingerprint density at radius 2 is 2.04 bits per heavy atom. The summed E-state index contributed by atoms with van der Waals surface area (Å²) >= 11 is 6.51. The van der Waals surface area contributed by atoms with Gasteiger partial charge in [-0.2, -0.15) is 5.10 Å². The Bertz CT molecular complexity index is 908. The minimum Gasteiger partial charge on any atom is -0.502 e. The predicted molar refractivity (Wildman–Crippen MR) is 107 cm³/mol. The van der Waals surface area contributed by atoms with E-state index in [4.69, 9.17) is 4.74 Å². The van der Waals surface area contributed by atoms with Crippen molar-refractivity contribution in [2.45, 2.75) is 13.8 Å². The van der Waals surface area contributed by atoms with E-state index >= 15 is 0 Å². The zero-order valence-corrected chi connectivity index (χ0v) is 17.5. The molecule has 0 aliphatic rings. The topological polar surface area (TPSA) is 114 Å². The molecule has 2 rings (SSSR count). The molecule has 0 aliphatic heterocycles.